The lowest BCUT2D eigenvalue weighted by Crippen LogP contribution is -2.39. The SMILES string of the molecule is CCN1CCC[C@H]1CNC1c2cc(OC)ccc2OCc2ncccc21. The number of hydrogen-bond donors (Lipinski definition) is 1. The summed E-state index contributed by atoms with van der Waals surface area (Å²) in [5.74, 6) is 1.75. The van der Waals surface area contributed by atoms with Crippen molar-refractivity contribution in [2.24, 2.45) is 0 Å². The van der Waals surface area contributed by atoms with Crippen molar-refractivity contribution in [2.45, 2.75) is 38.5 Å². The van der Waals surface area contributed by atoms with Crippen LogP contribution < -0.4 is 14.8 Å². The van der Waals surface area contributed by atoms with E-state index in [0.29, 0.717) is 12.6 Å². The van der Waals surface area contributed by atoms with Crippen LogP contribution in [0.15, 0.2) is 36.5 Å². The molecular formula is C21H27N3O2. The van der Waals surface area contributed by atoms with Gasteiger partial charge in [0.2, 0.25) is 0 Å². The molecule has 1 unspecified atom stereocenters. The monoisotopic (exact) mass is 353 g/mol. The maximum atomic E-state index is 6.05. The van der Waals surface area contributed by atoms with Crippen molar-refractivity contribution >= 4 is 0 Å². The molecule has 2 atom stereocenters. The van der Waals surface area contributed by atoms with E-state index in [1.807, 2.05) is 24.4 Å². The maximum absolute atomic E-state index is 6.05. The van der Waals surface area contributed by atoms with E-state index < -0.39 is 0 Å². The Kier molecular flexibility index (Phi) is 5.09. The summed E-state index contributed by atoms with van der Waals surface area (Å²) in [4.78, 5) is 7.13. The first-order valence-electron chi connectivity index (χ1n) is 9.52. The van der Waals surface area contributed by atoms with Crippen LogP contribution in [-0.2, 0) is 6.61 Å². The van der Waals surface area contributed by atoms with Crippen LogP contribution >= 0.6 is 0 Å². The Morgan fingerprint density at radius 1 is 1.31 bits per heavy atom. The quantitative estimate of drug-likeness (QED) is 0.895. The van der Waals surface area contributed by atoms with Crippen LogP contribution in [0.5, 0.6) is 11.5 Å². The summed E-state index contributed by atoms with van der Waals surface area (Å²) in [6.07, 6.45) is 4.39. The molecule has 1 saturated heterocycles. The van der Waals surface area contributed by atoms with E-state index in [1.54, 1.807) is 7.11 Å². The van der Waals surface area contributed by atoms with Crippen LogP contribution in [0, 0.1) is 0 Å². The van der Waals surface area contributed by atoms with E-state index in [0.717, 1.165) is 35.8 Å². The van der Waals surface area contributed by atoms with Crippen LogP contribution in [0.1, 0.15) is 42.6 Å². The summed E-state index contributed by atoms with van der Waals surface area (Å²) < 4.78 is 11.5. The topological polar surface area (TPSA) is 46.6 Å². The van der Waals surface area contributed by atoms with Crippen molar-refractivity contribution in [3.8, 4) is 11.5 Å². The molecule has 5 nitrogen and oxygen atoms in total. The van der Waals surface area contributed by atoms with Crippen LogP contribution in [0.25, 0.3) is 0 Å². The van der Waals surface area contributed by atoms with Crippen molar-refractivity contribution in [1.82, 2.24) is 15.2 Å². The third-order valence-electron chi connectivity index (χ3n) is 5.59. The Morgan fingerprint density at radius 3 is 3.08 bits per heavy atom. The second kappa shape index (κ2) is 7.64. The number of pyridine rings is 1. The van der Waals surface area contributed by atoms with E-state index in [-0.39, 0.29) is 6.04 Å². The number of aromatic nitrogens is 1. The normalized spacial score (nSPS) is 22.2. The Bertz CT molecular complexity index is 765. The number of nitrogens with one attached hydrogen (secondary N) is 1. The van der Waals surface area contributed by atoms with E-state index in [2.05, 4.69) is 34.3 Å². The molecule has 1 fully saturated rings. The van der Waals surface area contributed by atoms with Crippen LogP contribution in [0.3, 0.4) is 0 Å². The second-order valence-electron chi connectivity index (χ2n) is 7.00. The Balaban J connectivity index is 1.67. The Labute approximate surface area is 155 Å². The van der Waals surface area contributed by atoms with Gasteiger partial charge in [-0.3, -0.25) is 9.88 Å². The molecule has 0 bridgehead atoms. The van der Waals surface area contributed by atoms with Gasteiger partial charge in [0.1, 0.15) is 18.1 Å². The van der Waals surface area contributed by atoms with Crippen molar-refractivity contribution in [1.29, 1.82) is 0 Å². The number of methoxy groups -OCH3 is 1. The van der Waals surface area contributed by atoms with Gasteiger partial charge >= 0.3 is 0 Å². The first kappa shape index (κ1) is 17.3. The van der Waals surface area contributed by atoms with Gasteiger partial charge < -0.3 is 14.8 Å². The highest BCUT2D eigenvalue weighted by Crippen LogP contribution is 2.37. The molecule has 26 heavy (non-hydrogen) atoms. The Hall–Kier alpha value is -2.11. The van der Waals surface area contributed by atoms with Gasteiger partial charge in [-0.15, -0.1) is 0 Å². The molecule has 0 saturated carbocycles. The van der Waals surface area contributed by atoms with Gasteiger partial charge in [0.05, 0.1) is 18.8 Å². The summed E-state index contributed by atoms with van der Waals surface area (Å²) in [5.41, 5.74) is 3.32. The average molecular weight is 353 g/mol. The van der Waals surface area contributed by atoms with Gasteiger partial charge in [-0.05, 0) is 55.8 Å². The van der Waals surface area contributed by atoms with Crippen molar-refractivity contribution < 1.29 is 9.47 Å². The number of benzene rings is 1. The van der Waals surface area contributed by atoms with Gasteiger partial charge in [0.25, 0.3) is 0 Å². The summed E-state index contributed by atoms with van der Waals surface area (Å²) in [7, 11) is 1.70. The molecule has 138 valence electrons. The average Bonchev–Trinajstić information content (AvgIpc) is 3.08. The van der Waals surface area contributed by atoms with E-state index in [1.165, 1.54) is 24.9 Å². The van der Waals surface area contributed by atoms with Crippen LogP contribution in [-0.4, -0.2) is 42.7 Å². The van der Waals surface area contributed by atoms with Gasteiger partial charge in [-0.1, -0.05) is 13.0 Å². The third kappa shape index (κ3) is 3.29. The third-order valence-corrected chi connectivity index (χ3v) is 5.59. The number of rotatable bonds is 5. The second-order valence-corrected chi connectivity index (χ2v) is 7.00. The zero-order valence-corrected chi connectivity index (χ0v) is 15.6. The zero-order chi connectivity index (χ0) is 17.9. The number of ether oxygens (including phenoxy) is 2. The van der Waals surface area contributed by atoms with Crippen LogP contribution in [0.4, 0.5) is 0 Å². The predicted octanol–water partition coefficient (Wildman–Crippen LogP) is 3.15. The molecule has 0 amide bonds. The fourth-order valence-electron chi connectivity index (χ4n) is 4.17. The minimum absolute atomic E-state index is 0.0607. The fourth-order valence-corrected chi connectivity index (χ4v) is 4.17. The molecule has 4 rings (SSSR count). The molecule has 2 aliphatic heterocycles. The molecule has 0 radical (unpaired) electrons. The smallest absolute Gasteiger partial charge is 0.131 e. The molecule has 1 aromatic carbocycles. The first-order valence-corrected chi connectivity index (χ1v) is 9.52. The number of likely N-dealkylation sites (N-methyl/N-ethyl adjacent to an activating group) is 1. The number of hydrogen-bond acceptors (Lipinski definition) is 5. The molecule has 0 spiro atoms. The molecule has 2 aromatic rings. The van der Waals surface area contributed by atoms with E-state index in [9.17, 15) is 0 Å². The van der Waals surface area contributed by atoms with Gasteiger partial charge in [0.15, 0.2) is 0 Å². The zero-order valence-electron chi connectivity index (χ0n) is 15.6. The number of likely N-dealkylation sites (tertiary alicyclic amines) is 1. The first-order chi connectivity index (χ1) is 12.8. The lowest BCUT2D eigenvalue weighted by atomic mass is 9.96. The molecule has 1 aromatic heterocycles. The van der Waals surface area contributed by atoms with Gasteiger partial charge in [-0.25, -0.2) is 0 Å². The number of nitrogens with zero attached hydrogens (tertiary/aromatic N) is 2. The minimum atomic E-state index is 0.0607. The lowest BCUT2D eigenvalue weighted by Gasteiger charge is -2.27. The molecule has 0 aliphatic carbocycles. The van der Waals surface area contributed by atoms with Gasteiger partial charge in [0, 0.05) is 24.3 Å². The highest BCUT2D eigenvalue weighted by Gasteiger charge is 2.28. The highest BCUT2D eigenvalue weighted by molar-refractivity contribution is 5.48. The van der Waals surface area contributed by atoms with Crippen molar-refractivity contribution in [3.05, 3.63) is 53.3 Å². The maximum Gasteiger partial charge on any atom is 0.131 e. The lowest BCUT2D eigenvalue weighted by molar-refractivity contribution is 0.256. The van der Waals surface area contributed by atoms with Gasteiger partial charge in [-0.2, -0.15) is 0 Å². The summed E-state index contributed by atoms with van der Waals surface area (Å²) in [6.45, 7) is 6.03. The molecular weight excluding hydrogens is 326 g/mol. The summed E-state index contributed by atoms with van der Waals surface area (Å²) in [5, 5.41) is 3.81. The Morgan fingerprint density at radius 2 is 2.23 bits per heavy atom. The largest absolute Gasteiger partial charge is 0.497 e. The number of fused-ring (bicyclic) bond motifs is 2. The highest BCUT2D eigenvalue weighted by atomic mass is 16.5. The fraction of sp³-hybridized carbons (Fsp3) is 0.476. The molecule has 5 heteroatoms. The van der Waals surface area contributed by atoms with Crippen molar-refractivity contribution in [2.75, 3.05) is 26.7 Å². The van der Waals surface area contributed by atoms with Crippen molar-refractivity contribution in [3.63, 3.8) is 0 Å². The van der Waals surface area contributed by atoms with E-state index in [4.69, 9.17) is 9.47 Å². The summed E-state index contributed by atoms with van der Waals surface area (Å²) in [6, 6.07) is 10.9. The van der Waals surface area contributed by atoms with Crippen LogP contribution in [0.2, 0.25) is 0 Å². The predicted molar refractivity (Wildman–Crippen MR) is 102 cm³/mol. The standard InChI is InChI=1S/C21H27N3O2/c1-3-24-11-5-6-15(24)13-23-21-17-7-4-10-22-19(17)14-26-20-9-8-16(25-2)12-18(20)21/h4,7-10,12,15,21,23H,3,5-6,11,13-14H2,1-2H3/t15-,21?/m0/s1. The van der Waals surface area contributed by atoms with E-state index >= 15 is 0 Å². The molecule has 1 N–H and O–H groups in total. The summed E-state index contributed by atoms with van der Waals surface area (Å²) >= 11 is 0. The minimum Gasteiger partial charge on any atom is -0.497 e. The molecule has 3 heterocycles. The molecule has 2 aliphatic rings.